The molecule has 0 amide bonds. The Kier molecular flexibility index (Phi) is 2.58. The van der Waals surface area contributed by atoms with Crippen molar-refractivity contribution in [2.24, 2.45) is 0 Å². The summed E-state index contributed by atoms with van der Waals surface area (Å²) in [7, 11) is 0. The van der Waals surface area contributed by atoms with Crippen LogP contribution in [0.3, 0.4) is 0 Å². The third-order valence-corrected chi connectivity index (χ3v) is 2.30. The van der Waals surface area contributed by atoms with Gasteiger partial charge in [0.2, 0.25) is 0 Å². The van der Waals surface area contributed by atoms with Crippen LogP contribution in [0.15, 0.2) is 24.3 Å². The van der Waals surface area contributed by atoms with Crippen LogP contribution in [-0.4, -0.2) is 15.2 Å². The minimum atomic E-state index is 0.827. The second kappa shape index (κ2) is 4.05. The molecule has 1 N–H and O–H groups in total. The highest BCUT2D eigenvalue weighted by atomic mass is 15.2. The van der Waals surface area contributed by atoms with Gasteiger partial charge >= 0.3 is 0 Å². The first-order chi connectivity index (χ1) is 6.86. The molecular weight excluding hydrogens is 174 g/mol. The molecule has 0 aliphatic carbocycles. The fourth-order valence-corrected chi connectivity index (χ4v) is 1.45. The first kappa shape index (κ1) is 8.94. The van der Waals surface area contributed by atoms with Crippen LogP contribution >= 0.6 is 0 Å². The number of aryl methyl sites for hydroxylation is 3. The van der Waals surface area contributed by atoms with Crippen LogP contribution in [0.4, 0.5) is 0 Å². The second-order valence-electron chi connectivity index (χ2n) is 3.29. The molecule has 0 atom stereocenters. The van der Waals surface area contributed by atoms with Crippen LogP contribution in [0.5, 0.6) is 0 Å². The van der Waals surface area contributed by atoms with E-state index in [2.05, 4.69) is 52.7 Å². The largest absolute Gasteiger partial charge is 0.256 e. The van der Waals surface area contributed by atoms with Crippen molar-refractivity contribution < 1.29 is 0 Å². The van der Waals surface area contributed by atoms with E-state index in [-0.39, 0.29) is 0 Å². The van der Waals surface area contributed by atoms with Crippen LogP contribution in [-0.2, 0) is 12.8 Å². The van der Waals surface area contributed by atoms with Crippen molar-refractivity contribution in [1.29, 1.82) is 0 Å². The lowest BCUT2D eigenvalue weighted by Gasteiger charge is -2.02. The number of aromatic nitrogens is 3. The minimum Gasteiger partial charge on any atom is -0.256 e. The fraction of sp³-hybridized carbons (Fsp3) is 0.273. The molecule has 0 aliphatic rings. The molecule has 1 aromatic heterocycles. The van der Waals surface area contributed by atoms with Gasteiger partial charge in [-0.05, 0) is 24.5 Å². The molecule has 14 heavy (non-hydrogen) atoms. The molecule has 0 saturated heterocycles. The lowest BCUT2D eigenvalue weighted by Crippen LogP contribution is -1.95. The molecule has 71 valence electrons. The van der Waals surface area contributed by atoms with Gasteiger partial charge in [-0.15, -0.1) is 0 Å². The van der Waals surface area contributed by atoms with Gasteiger partial charge in [0.15, 0.2) is 12.2 Å². The summed E-state index contributed by atoms with van der Waals surface area (Å²) in [5.74, 6) is 0.827. The summed E-state index contributed by atoms with van der Waals surface area (Å²) in [6.45, 7) is 2.12. The Hall–Kier alpha value is -1.64. The van der Waals surface area contributed by atoms with Gasteiger partial charge < -0.3 is 0 Å². The highest BCUT2D eigenvalue weighted by Crippen LogP contribution is 2.09. The van der Waals surface area contributed by atoms with Crippen molar-refractivity contribution >= 4 is 0 Å². The van der Waals surface area contributed by atoms with Gasteiger partial charge in [0, 0.05) is 6.42 Å². The first-order valence-electron chi connectivity index (χ1n) is 4.68. The zero-order chi connectivity index (χ0) is 9.80. The Morgan fingerprint density at radius 2 is 2.14 bits per heavy atom. The second-order valence-corrected chi connectivity index (χ2v) is 3.29. The highest BCUT2D eigenvalue weighted by Gasteiger charge is 2.00. The standard InChI is InChI=1S/C11H12N3/c1-9-4-2-3-5-10(9)6-7-11-12-8-13-14-11/h2-5H,6-7H2,1H3,(H,12,13,14). The first-order valence-corrected chi connectivity index (χ1v) is 4.68. The number of nitrogens with one attached hydrogen (secondary N) is 1. The smallest absolute Gasteiger partial charge is 0.193 e. The third kappa shape index (κ3) is 1.99. The van der Waals surface area contributed by atoms with Crippen molar-refractivity contribution in [3.8, 4) is 0 Å². The summed E-state index contributed by atoms with van der Waals surface area (Å²) in [4.78, 5) is 3.97. The molecule has 0 unspecified atom stereocenters. The van der Waals surface area contributed by atoms with Gasteiger partial charge in [0.1, 0.15) is 0 Å². The van der Waals surface area contributed by atoms with Gasteiger partial charge in [-0.1, -0.05) is 24.3 Å². The summed E-state index contributed by atoms with van der Waals surface area (Å²) in [6, 6.07) is 8.39. The Bertz CT molecular complexity index is 393. The monoisotopic (exact) mass is 186 g/mol. The lowest BCUT2D eigenvalue weighted by molar-refractivity contribution is 0.860. The number of benzene rings is 1. The number of rotatable bonds is 3. The van der Waals surface area contributed by atoms with Crippen molar-refractivity contribution in [1.82, 2.24) is 15.2 Å². The van der Waals surface area contributed by atoms with Crippen molar-refractivity contribution in [3.63, 3.8) is 0 Å². The summed E-state index contributed by atoms with van der Waals surface area (Å²) in [5, 5.41) is 6.56. The predicted octanol–water partition coefficient (Wildman–Crippen LogP) is 1.70. The molecular formula is C11H12N3. The molecule has 3 heteroatoms. The Morgan fingerprint density at radius 1 is 1.29 bits per heavy atom. The van der Waals surface area contributed by atoms with Gasteiger partial charge in [-0.25, -0.2) is 4.98 Å². The summed E-state index contributed by atoms with van der Waals surface area (Å²) in [5.41, 5.74) is 2.68. The van der Waals surface area contributed by atoms with Crippen molar-refractivity contribution in [2.75, 3.05) is 0 Å². The normalized spacial score (nSPS) is 10.4. The summed E-state index contributed by atoms with van der Waals surface area (Å²) >= 11 is 0. The number of hydrogen-bond acceptors (Lipinski definition) is 2. The number of aromatic amines is 1. The van der Waals surface area contributed by atoms with E-state index in [0.29, 0.717) is 0 Å². The number of hydrogen-bond donors (Lipinski definition) is 1. The number of nitrogens with zero attached hydrogens (tertiary/aromatic N) is 2. The molecule has 1 heterocycles. The van der Waals surface area contributed by atoms with Crippen molar-refractivity contribution in [3.05, 3.63) is 47.5 Å². The molecule has 1 radical (unpaired) electrons. The molecule has 0 fully saturated rings. The lowest BCUT2D eigenvalue weighted by atomic mass is 10.0. The van der Waals surface area contributed by atoms with Gasteiger partial charge in [-0.2, -0.15) is 5.10 Å². The average molecular weight is 186 g/mol. The molecule has 0 aliphatic heterocycles. The highest BCUT2D eigenvalue weighted by molar-refractivity contribution is 5.25. The quantitative estimate of drug-likeness (QED) is 0.792. The molecule has 0 bridgehead atoms. The zero-order valence-electron chi connectivity index (χ0n) is 8.12. The van der Waals surface area contributed by atoms with Crippen LogP contribution in [0.2, 0.25) is 0 Å². The minimum absolute atomic E-state index is 0.827. The van der Waals surface area contributed by atoms with Gasteiger partial charge in [-0.3, -0.25) is 5.10 Å². The predicted molar refractivity (Wildman–Crippen MR) is 53.8 cm³/mol. The Labute approximate surface area is 83.2 Å². The zero-order valence-corrected chi connectivity index (χ0v) is 8.12. The molecule has 0 saturated carbocycles. The van der Waals surface area contributed by atoms with E-state index in [1.54, 1.807) is 0 Å². The van der Waals surface area contributed by atoms with Crippen LogP contribution in [0.1, 0.15) is 17.0 Å². The van der Waals surface area contributed by atoms with E-state index >= 15 is 0 Å². The average Bonchev–Trinajstić information content (AvgIpc) is 2.69. The molecule has 2 aromatic rings. The van der Waals surface area contributed by atoms with E-state index in [0.717, 1.165) is 18.7 Å². The van der Waals surface area contributed by atoms with E-state index < -0.39 is 0 Å². The topological polar surface area (TPSA) is 41.6 Å². The molecule has 3 nitrogen and oxygen atoms in total. The maximum Gasteiger partial charge on any atom is 0.193 e. The van der Waals surface area contributed by atoms with Crippen LogP contribution < -0.4 is 0 Å². The Morgan fingerprint density at radius 3 is 2.86 bits per heavy atom. The fourth-order valence-electron chi connectivity index (χ4n) is 1.45. The van der Waals surface area contributed by atoms with E-state index in [9.17, 15) is 0 Å². The third-order valence-electron chi connectivity index (χ3n) is 2.30. The van der Waals surface area contributed by atoms with E-state index in [4.69, 9.17) is 0 Å². The van der Waals surface area contributed by atoms with Crippen LogP contribution in [0, 0.1) is 13.3 Å². The number of H-pyrrole nitrogens is 1. The SMILES string of the molecule is Cc1ccccc1CCc1n[c][nH]n1. The van der Waals surface area contributed by atoms with E-state index in [1.165, 1.54) is 11.1 Å². The maximum absolute atomic E-state index is 3.97. The van der Waals surface area contributed by atoms with Gasteiger partial charge in [0.05, 0.1) is 0 Å². The van der Waals surface area contributed by atoms with E-state index in [1.807, 2.05) is 0 Å². The molecule has 0 spiro atoms. The summed E-state index contributed by atoms with van der Waals surface area (Å²) < 4.78 is 0. The Balaban J connectivity index is 2.02. The molecule has 2 rings (SSSR count). The maximum atomic E-state index is 3.97. The summed E-state index contributed by atoms with van der Waals surface area (Å²) in [6.07, 6.45) is 4.44. The molecule has 1 aromatic carbocycles. The van der Waals surface area contributed by atoms with Crippen LogP contribution in [0.25, 0.3) is 0 Å². The van der Waals surface area contributed by atoms with Crippen molar-refractivity contribution in [2.45, 2.75) is 19.8 Å². The van der Waals surface area contributed by atoms with Gasteiger partial charge in [0.25, 0.3) is 0 Å².